The lowest BCUT2D eigenvalue weighted by Gasteiger charge is -2.04. The van der Waals surface area contributed by atoms with Crippen LogP contribution >= 0.6 is 11.6 Å². The third-order valence-corrected chi connectivity index (χ3v) is 1.81. The lowest BCUT2D eigenvalue weighted by Crippen LogP contribution is -1.95. The van der Waals surface area contributed by atoms with E-state index in [-0.39, 0.29) is 0 Å². The summed E-state index contributed by atoms with van der Waals surface area (Å²) in [6.07, 6.45) is 0.738. The van der Waals surface area contributed by atoms with Gasteiger partial charge >= 0.3 is 0 Å². The molecule has 0 N–H and O–H groups in total. The Morgan fingerprint density at radius 1 is 1.38 bits per heavy atom. The van der Waals surface area contributed by atoms with Gasteiger partial charge in [0.1, 0.15) is 5.75 Å². The highest BCUT2D eigenvalue weighted by Gasteiger charge is 1.97. The number of benzene rings is 1. The van der Waals surface area contributed by atoms with Gasteiger partial charge in [0.05, 0.1) is 11.6 Å². The van der Waals surface area contributed by atoms with Crippen LogP contribution in [0.1, 0.15) is 13.3 Å². The second-order valence-electron chi connectivity index (χ2n) is 2.46. The smallest absolute Gasteiger partial charge is 0.137 e. The van der Waals surface area contributed by atoms with Gasteiger partial charge in [-0.25, -0.2) is 0 Å². The maximum Gasteiger partial charge on any atom is 0.137 e. The Morgan fingerprint density at radius 2 is 2.15 bits per heavy atom. The molecule has 0 spiro atoms. The number of hydrogen-bond acceptors (Lipinski definition) is 1. The predicted octanol–water partition coefficient (Wildman–Crippen LogP) is 3.13. The second-order valence-corrected chi connectivity index (χ2v) is 2.86. The van der Waals surface area contributed by atoms with Crippen LogP contribution < -0.4 is 4.74 Å². The van der Waals surface area contributed by atoms with Crippen LogP contribution in [-0.4, -0.2) is 6.61 Å². The average Bonchev–Trinajstić information content (AvgIpc) is 2.15. The first-order chi connectivity index (χ1) is 6.34. The van der Waals surface area contributed by atoms with Crippen molar-refractivity contribution in [3.63, 3.8) is 0 Å². The van der Waals surface area contributed by atoms with Crippen molar-refractivity contribution in [3.05, 3.63) is 29.3 Å². The lowest BCUT2D eigenvalue weighted by atomic mass is 10.3. The molecule has 0 heterocycles. The summed E-state index contributed by atoms with van der Waals surface area (Å²) in [6, 6.07) is 7.43. The normalized spacial score (nSPS) is 8.77. The monoisotopic (exact) mass is 194 g/mol. The van der Waals surface area contributed by atoms with Crippen LogP contribution in [0.4, 0.5) is 0 Å². The number of ether oxygens (including phenoxy) is 1. The third-order valence-electron chi connectivity index (χ3n) is 1.50. The number of hydrogen-bond donors (Lipinski definition) is 0. The molecule has 0 amide bonds. The summed E-state index contributed by atoms with van der Waals surface area (Å²) in [4.78, 5) is 0. The van der Waals surface area contributed by atoms with Gasteiger partial charge in [0, 0.05) is 6.42 Å². The molecule has 0 atom stereocenters. The van der Waals surface area contributed by atoms with E-state index in [1.54, 1.807) is 0 Å². The molecule has 0 aromatic heterocycles. The molecule has 0 radical (unpaired) electrons. The molecule has 68 valence electrons. The molecule has 0 aliphatic heterocycles. The van der Waals surface area contributed by atoms with Gasteiger partial charge in [-0.1, -0.05) is 23.7 Å². The van der Waals surface area contributed by atoms with Crippen molar-refractivity contribution in [1.29, 1.82) is 0 Å². The zero-order chi connectivity index (χ0) is 9.52. The van der Waals surface area contributed by atoms with Crippen molar-refractivity contribution in [3.8, 4) is 17.6 Å². The molecule has 0 saturated carbocycles. The molecule has 0 aliphatic rings. The van der Waals surface area contributed by atoms with Crippen LogP contribution in [0.2, 0.25) is 5.02 Å². The van der Waals surface area contributed by atoms with E-state index in [1.807, 2.05) is 31.2 Å². The summed E-state index contributed by atoms with van der Waals surface area (Å²) in [5.41, 5.74) is 0. The number of rotatable bonds is 3. The lowest BCUT2D eigenvalue weighted by molar-refractivity contribution is 0.327. The summed E-state index contributed by atoms with van der Waals surface area (Å²) >= 11 is 5.88. The molecular formula is C11H11ClO. The molecule has 1 nitrogen and oxygen atoms in total. The maximum atomic E-state index is 5.88. The first kappa shape index (κ1) is 9.95. The highest BCUT2D eigenvalue weighted by atomic mass is 35.5. The van der Waals surface area contributed by atoms with Gasteiger partial charge in [-0.3, -0.25) is 0 Å². The van der Waals surface area contributed by atoms with Gasteiger partial charge in [-0.15, -0.1) is 11.8 Å². The minimum Gasteiger partial charge on any atom is -0.491 e. The fourth-order valence-electron chi connectivity index (χ4n) is 0.899. The Kier molecular flexibility index (Phi) is 4.21. The second kappa shape index (κ2) is 5.50. The Bertz CT molecular complexity index is 322. The molecule has 0 saturated heterocycles. The quantitative estimate of drug-likeness (QED) is 0.531. The molecule has 0 fully saturated rings. The summed E-state index contributed by atoms with van der Waals surface area (Å²) < 4.78 is 5.40. The molecule has 2 heteroatoms. The van der Waals surface area contributed by atoms with Crippen LogP contribution in [0.25, 0.3) is 0 Å². The van der Waals surface area contributed by atoms with Gasteiger partial charge in [0.15, 0.2) is 0 Å². The fourth-order valence-corrected chi connectivity index (χ4v) is 1.09. The molecule has 0 unspecified atom stereocenters. The first-order valence-electron chi connectivity index (χ1n) is 4.11. The Morgan fingerprint density at radius 3 is 2.85 bits per heavy atom. The number of halogens is 1. The van der Waals surface area contributed by atoms with Crippen LogP contribution in [0.15, 0.2) is 24.3 Å². The summed E-state index contributed by atoms with van der Waals surface area (Å²) in [7, 11) is 0. The van der Waals surface area contributed by atoms with Gasteiger partial charge in [0.25, 0.3) is 0 Å². The van der Waals surface area contributed by atoms with Gasteiger partial charge in [-0.2, -0.15) is 0 Å². The molecule has 1 aromatic rings. The minimum atomic E-state index is 0.588. The van der Waals surface area contributed by atoms with Gasteiger partial charge < -0.3 is 4.74 Å². The summed E-state index contributed by atoms with van der Waals surface area (Å²) in [5, 5.41) is 0.645. The van der Waals surface area contributed by atoms with Crippen molar-refractivity contribution in [1.82, 2.24) is 0 Å². The topological polar surface area (TPSA) is 9.23 Å². The zero-order valence-electron chi connectivity index (χ0n) is 7.51. The SMILES string of the molecule is CC#CCCOc1ccccc1Cl. The van der Waals surface area contributed by atoms with E-state index in [0.29, 0.717) is 11.6 Å². The highest BCUT2D eigenvalue weighted by molar-refractivity contribution is 6.32. The molecule has 1 rings (SSSR count). The number of para-hydroxylation sites is 1. The van der Waals surface area contributed by atoms with E-state index < -0.39 is 0 Å². The van der Waals surface area contributed by atoms with Gasteiger partial charge in [0.2, 0.25) is 0 Å². The standard InChI is InChI=1S/C11H11ClO/c1-2-3-6-9-13-11-8-5-4-7-10(11)12/h4-5,7-8H,6,9H2,1H3. The average molecular weight is 195 g/mol. The minimum absolute atomic E-state index is 0.588. The third kappa shape index (κ3) is 3.40. The summed E-state index contributed by atoms with van der Waals surface area (Å²) in [6.45, 7) is 2.40. The van der Waals surface area contributed by atoms with E-state index >= 15 is 0 Å². The van der Waals surface area contributed by atoms with Crippen LogP contribution in [0.5, 0.6) is 5.75 Å². The largest absolute Gasteiger partial charge is 0.491 e. The molecule has 0 aliphatic carbocycles. The Hall–Kier alpha value is -1.13. The maximum absolute atomic E-state index is 5.88. The highest BCUT2D eigenvalue weighted by Crippen LogP contribution is 2.22. The Balaban J connectivity index is 2.44. The summed E-state index contributed by atoms with van der Waals surface area (Å²) in [5.74, 6) is 6.45. The predicted molar refractivity (Wildman–Crippen MR) is 55.0 cm³/mol. The van der Waals surface area contributed by atoms with Crippen molar-refractivity contribution < 1.29 is 4.74 Å². The van der Waals surface area contributed by atoms with Crippen LogP contribution in [0.3, 0.4) is 0 Å². The zero-order valence-corrected chi connectivity index (χ0v) is 8.27. The van der Waals surface area contributed by atoms with E-state index in [4.69, 9.17) is 16.3 Å². The van der Waals surface area contributed by atoms with Gasteiger partial charge in [-0.05, 0) is 19.1 Å². The first-order valence-corrected chi connectivity index (χ1v) is 4.49. The van der Waals surface area contributed by atoms with E-state index in [0.717, 1.165) is 12.2 Å². The van der Waals surface area contributed by atoms with Crippen LogP contribution in [-0.2, 0) is 0 Å². The molecule has 0 bridgehead atoms. The molecular weight excluding hydrogens is 184 g/mol. The van der Waals surface area contributed by atoms with E-state index in [9.17, 15) is 0 Å². The van der Waals surface area contributed by atoms with E-state index in [2.05, 4.69) is 11.8 Å². The van der Waals surface area contributed by atoms with Crippen molar-refractivity contribution in [2.24, 2.45) is 0 Å². The van der Waals surface area contributed by atoms with E-state index in [1.165, 1.54) is 0 Å². The fraction of sp³-hybridized carbons (Fsp3) is 0.273. The Labute approximate surface area is 83.7 Å². The van der Waals surface area contributed by atoms with Crippen LogP contribution in [0, 0.1) is 11.8 Å². The molecule has 1 aromatic carbocycles. The molecule has 13 heavy (non-hydrogen) atoms. The van der Waals surface area contributed by atoms with Crippen molar-refractivity contribution >= 4 is 11.6 Å². The van der Waals surface area contributed by atoms with Crippen molar-refractivity contribution in [2.45, 2.75) is 13.3 Å². The van der Waals surface area contributed by atoms with Crippen molar-refractivity contribution in [2.75, 3.05) is 6.61 Å².